The Balaban J connectivity index is 2.77. The van der Waals surface area contributed by atoms with Crippen LogP contribution in [0.15, 0.2) is 6.07 Å². The summed E-state index contributed by atoms with van der Waals surface area (Å²) in [4.78, 5) is 18.9. The van der Waals surface area contributed by atoms with Crippen LogP contribution in [0.3, 0.4) is 0 Å². The molecule has 0 spiro atoms. The monoisotopic (exact) mass is 210 g/mol. The summed E-state index contributed by atoms with van der Waals surface area (Å²) in [6.07, 6.45) is 0. The largest absolute Gasteiger partial charge is 0.291 e. The molecule has 0 aliphatic rings. The maximum Gasteiger partial charge on any atom is 0.227 e. The molecule has 2 aromatic rings. The van der Waals surface area contributed by atoms with Gasteiger partial charge in [0, 0.05) is 13.0 Å². The fourth-order valence-corrected chi connectivity index (χ4v) is 1.33. The molecule has 2 rings (SSSR count). The van der Waals surface area contributed by atoms with Crippen LogP contribution in [0, 0.1) is 6.92 Å². The third-order valence-electron chi connectivity index (χ3n) is 1.72. The van der Waals surface area contributed by atoms with Crippen molar-refractivity contribution in [1.29, 1.82) is 0 Å². The first-order valence-electron chi connectivity index (χ1n) is 3.99. The quantitative estimate of drug-likeness (QED) is 0.666. The normalized spacial score (nSPS) is 10.8. The maximum absolute atomic E-state index is 11.0. The molecule has 0 atom stereocenters. The van der Waals surface area contributed by atoms with Gasteiger partial charge >= 0.3 is 0 Å². The van der Waals surface area contributed by atoms with E-state index in [9.17, 15) is 4.79 Å². The molecule has 0 radical (unpaired) electrons. The summed E-state index contributed by atoms with van der Waals surface area (Å²) in [5, 5.41) is 4.21. The van der Waals surface area contributed by atoms with Crippen molar-refractivity contribution in [2.45, 2.75) is 13.8 Å². The number of hydrogen-bond acceptors (Lipinski definition) is 4. The van der Waals surface area contributed by atoms with Crippen LogP contribution < -0.4 is 0 Å². The smallest absolute Gasteiger partial charge is 0.227 e. The second kappa shape index (κ2) is 3.02. The van der Waals surface area contributed by atoms with E-state index in [1.165, 1.54) is 11.4 Å². The van der Waals surface area contributed by atoms with E-state index in [1.807, 2.05) is 6.92 Å². The van der Waals surface area contributed by atoms with Crippen molar-refractivity contribution in [3.05, 3.63) is 22.9 Å². The Morgan fingerprint density at radius 1 is 1.50 bits per heavy atom. The summed E-state index contributed by atoms with van der Waals surface area (Å²) < 4.78 is 1.39. The third kappa shape index (κ3) is 1.35. The fourth-order valence-electron chi connectivity index (χ4n) is 1.13. The lowest BCUT2D eigenvalue weighted by atomic mass is 10.4. The Bertz CT molecular complexity index is 519. The first-order valence-corrected chi connectivity index (χ1v) is 4.36. The lowest BCUT2D eigenvalue weighted by Gasteiger charge is -1.97. The summed E-state index contributed by atoms with van der Waals surface area (Å²) in [6.45, 7) is 3.21. The molecule has 6 heteroatoms. The van der Waals surface area contributed by atoms with Crippen LogP contribution in [-0.4, -0.2) is 25.4 Å². The second-order valence-corrected chi connectivity index (χ2v) is 3.27. The minimum atomic E-state index is -0.215. The van der Waals surface area contributed by atoms with Crippen LogP contribution >= 0.6 is 11.6 Å². The average Bonchev–Trinajstić information content (AvgIpc) is 2.45. The van der Waals surface area contributed by atoms with Crippen LogP contribution in [-0.2, 0) is 0 Å². The number of nitrogens with zero attached hydrogens (tertiary/aromatic N) is 4. The van der Waals surface area contributed by atoms with Gasteiger partial charge in [-0.1, -0.05) is 0 Å². The van der Waals surface area contributed by atoms with Crippen LogP contribution in [0.4, 0.5) is 0 Å². The van der Waals surface area contributed by atoms with Gasteiger partial charge in [0.1, 0.15) is 0 Å². The van der Waals surface area contributed by atoms with E-state index in [2.05, 4.69) is 15.1 Å². The van der Waals surface area contributed by atoms with Crippen molar-refractivity contribution in [3.63, 3.8) is 0 Å². The first kappa shape index (κ1) is 9.08. The van der Waals surface area contributed by atoms with Crippen molar-refractivity contribution in [3.8, 4) is 0 Å². The molecule has 2 aromatic heterocycles. The second-order valence-electron chi connectivity index (χ2n) is 2.93. The lowest BCUT2D eigenvalue weighted by Crippen LogP contribution is -2.05. The predicted molar refractivity (Wildman–Crippen MR) is 50.5 cm³/mol. The zero-order valence-electron chi connectivity index (χ0n) is 7.65. The van der Waals surface area contributed by atoms with Gasteiger partial charge in [0.05, 0.1) is 5.69 Å². The van der Waals surface area contributed by atoms with E-state index >= 15 is 0 Å². The molecule has 0 N–H and O–H groups in total. The molecule has 0 amide bonds. The number of carbonyl (C=O) groups excluding carboxylic acids is 1. The number of aromatic nitrogens is 4. The van der Waals surface area contributed by atoms with Crippen LogP contribution in [0.5, 0.6) is 0 Å². The van der Waals surface area contributed by atoms with E-state index in [4.69, 9.17) is 11.6 Å². The lowest BCUT2D eigenvalue weighted by molar-refractivity contribution is 0.100. The summed E-state index contributed by atoms with van der Waals surface area (Å²) >= 11 is 5.82. The Morgan fingerprint density at radius 2 is 2.21 bits per heavy atom. The van der Waals surface area contributed by atoms with Crippen LogP contribution in [0.2, 0.25) is 5.28 Å². The molecule has 0 aliphatic carbocycles. The zero-order valence-corrected chi connectivity index (χ0v) is 8.41. The fraction of sp³-hybridized carbons (Fsp3) is 0.250. The minimum absolute atomic E-state index is 0.113. The Kier molecular flexibility index (Phi) is 1.96. The minimum Gasteiger partial charge on any atom is -0.291 e. The van der Waals surface area contributed by atoms with E-state index in [1.54, 1.807) is 6.07 Å². The first-order chi connectivity index (χ1) is 6.58. The molecular weight excluding hydrogens is 204 g/mol. The number of carbonyl (C=O) groups is 1. The SMILES string of the molecule is CC(=O)c1nc(Cl)n2nc(C)cc2n1. The van der Waals surface area contributed by atoms with Gasteiger partial charge in [-0.05, 0) is 18.5 Å². The molecule has 0 fully saturated rings. The van der Waals surface area contributed by atoms with Crippen molar-refractivity contribution >= 4 is 23.0 Å². The highest BCUT2D eigenvalue weighted by atomic mass is 35.5. The highest BCUT2D eigenvalue weighted by Gasteiger charge is 2.10. The molecule has 72 valence electrons. The van der Waals surface area contributed by atoms with Crippen LogP contribution in [0.1, 0.15) is 23.2 Å². The van der Waals surface area contributed by atoms with Gasteiger partial charge in [0.2, 0.25) is 11.1 Å². The number of fused-ring (bicyclic) bond motifs is 1. The highest BCUT2D eigenvalue weighted by Crippen LogP contribution is 2.10. The third-order valence-corrected chi connectivity index (χ3v) is 1.97. The van der Waals surface area contributed by atoms with E-state index in [0.717, 1.165) is 5.69 Å². The average molecular weight is 211 g/mol. The Morgan fingerprint density at radius 3 is 2.86 bits per heavy atom. The van der Waals surface area contributed by atoms with Crippen LogP contribution in [0.25, 0.3) is 5.65 Å². The number of halogens is 1. The highest BCUT2D eigenvalue weighted by molar-refractivity contribution is 6.28. The van der Waals surface area contributed by atoms with Gasteiger partial charge in [-0.3, -0.25) is 4.79 Å². The number of rotatable bonds is 1. The van der Waals surface area contributed by atoms with Crippen molar-refractivity contribution in [1.82, 2.24) is 19.6 Å². The zero-order chi connectivity index (χ0) is 10.3. The Labute approximate surface area is 84.7 Å². The van der Waals surface area contributed by atoms with Gasteiger partial charge in [-0.15, -0.1) is 0 Å². The molecular formula is C8H7ClN4O. The van der Waals surface area contributed by atoms with Crippen molar-refractivity contribution < 1.29 is 4.79 Å². The van der Waals surface area contributed by atoms with Crippen molar-refractivity contribution in [2.24, 2.45) is 0 Å². The molecule has 0 aliphatic heterocycles. The van der Waals surface area contributed by atoms with Gasteiger partial charge in [-0.2, -0.15) is 14.6 Å². The van der Waals surface area contributed by atoms with Crippen molar-refractivity contribution in [2.75, 3.05) is 0 Å². The standard InChI is InChI=1S/C8H7ClN4O/c1-4-3-6-10-7(5(2)14)11-8(9)13(6)12-4/h3H,1-2H3. The van der Waals surface area contributed by atoms with Gasteiger partial charge in [0.25, 0.3) is 0 Å². The van der Waals surface area contributed by atoms with Gasteiger partial charge in [-0.25, -0.2) is 4.98 Å². The van der Waals surface area contributed by atoms with E-state index < -0.39 is 0 Å². The molecule has 0 saturated heterocycles. The number of ketones is 1. The number of aryl methyl sites for hydroxylation is 1. The summed E-state index contributed by atoms with van der Waals surface area (Å²) in [6, 6.07) is 1.74. The maximum atomic E-state index is 11.0. The summed E-state index contributed by atoms with van der Waals surface area (Å²) in [5.41, 5.74) is 1.31. The van der Waals surface area contributed by atoms with Gasteiger partial charge < -0.3 is 0 Å². The van der Waals surface area contributed by atoms with E-state index in [-0.39, 0.29) is 16.9 Å². The molecule has 2 heterocycles. The van der Waals surface area contributed by atoms with E-state index in [0.29, 0.717) is 5.65 Å². The molecule has 14 heavy (non-hydrogen) atoms. The summed E-state index contributed by atoms with van der Waals surface area (Å²) in [7, 11) is 0. The molecule has 0 saturated carbocycles. The summed E-state index contributed by atoms with van der Waals surface area (Å²) in [5.74, 6) is -0.101. The molecule has 5 nitrogen and oxygen atoms in total. The predicted octanol–water partition coefficient (Wildman–Crippen LogP) is 1.29. The topological polar surface area (TPSA) is 60.2 Å². The Hall–Kier alpha value is -1.49. The number of Topliss-reactive ketones (excluding diaryl/α,β-unsaturated/α-hetero) is 1. The molecule has 0 aromatic carbocycles. The number of hydrogen-bond donors (Lipinski definition) is 0. The van der Waals surface area contributed by atoms with Gasteiger partial charge in [0.15, 0.2) is 11.4 Å². The molecule has 0 bridgehead atoms. The molecule has 0 unspecified atom stereocenters.